The number of rotatable bonds is 6. The van der Waals surface area contributed by atoms with E-state index in [1.807, 2.05) is 0 Å². The first kappa shape index (κ1) is 22.4. The van der Waals surface area contributed by atoms with Crippen LogP contribution in [0.1, 0.15) is 41.0 Å². The van der Waals surface area contributed by atoms with Gasteiger partial charge in [-0.25, -0.2) is 0 Å². The van der Waals surface area contributed by atoms with Crippen LogP contribution < -0.4 is 5.32 Å². The topological polar surface area (TPSA) is 144 Å². The van der Waals surface area contributed by atoms with Crippen LogP contribution >= 0.6 is 0 Å². The molecule has 5 atom stereocenters. The molecule has 1 fully saturated rings. The Hall–Kier alpha value is -2.69. The second-order valence-corrected chi connectivity index (χ2v) is 5.70. The molecule has 0 aromatic heterocycles. The summed E-state index contributed by atoms with van der Waals surface area (Å²) in [7, 11) is 0. The van der Waals surface area contributed by atoms with Crippen LogP contribution in [0.3, 0.4) is 0 Å². The molecule has 0 radical (unpaired) electrons. The molecule has 0 aromatic rings. The Balaban J connectivity index is 3.33. The fourth-order valence-corrected chi connectivity index (χ4v) is 2.41. The van der Waals surface area contributed by atoms with Crippen molar-refractivity contribution in [3.63, 3.8) is 0 Å². The smallest absolute Gasteiger partial charge is 0.307 e. The van der Waals surface area contributed by atoms with Crippen molar-refractivity contribution < 1.29 is 47.7 Å². The van der Waals surface area contributed by atoms with Gasteiger partial charge in [-0.2, -0.15) is 0 Å². The minimum absolute atomic E-state index is 0.0156. The predicted octanol–water partition coefficient (Wildman–Crippen LogP) is -0.447. The van der Waals surface area contributed by atoms with Gasteiger partial charge in [0.2, 0.25) is 24.6 Å². The summed E-state index contributed by atoms with van der Waals surface area (Å²) in [6.45, 7) is 5.99. The highest BCUT2D eigenvalue weighted by atomic mass is 16.8. The molecule has 1 heterocycles. The van der Waals surface area contributed by atoms with E-state index in [1.165, 1.54) is 13.8 Å². The minimum Gasteiger partial charge on any atom is -0.456 e. The molecule has 11 nitrogen and oxygen atoms in total. The number of carbonyl (C=O) groups is 5. The molecule has 152 valence electrons. The standard InChI is InChI=1S/C16H23NO10/c1-6-11(22)26-16-14(24-9(4)20)13(23-8(3)19)12(17-7(2)18)15(27-16)25-10(5)21/h12-16H,6H2,1-5H3,(H,17,18)/t12?,13-,14?,15?,16?/m1/s1. The molecule has 1 amide bonds. The molecule has 0 saturated carbocycles. The molecule has 0 aliphatic carbocycles. The van der Waals surface area contributed by atoms with E-state index in [0.717, 1.165) is 20.8 Å². The van der Waals surface area contributed by atoms with Crippen molar-refractivity contribution in [2.45, 2.75) is 71.9 Å². The first-order chi connectivity index (χ1) is 12.5. The second kappa shape index (κ2) is 9.86. The predicted molar refractivity (Wildman–Crippen MR) is 85.5 cm³/mol. The summed E-state index contributed by atoms with van der Waals surface area (Å²) in [6, 6.07) is -1.21. The second-order valence-electron chi connectivity index (χ2n) is 5.70. The van der Waals surface area contributed by atoms with Gasteiger partial charge in [0.25, 0.3) is 0 Å². The lowest BCUT2D eigenvalue weighted by atomic mass is 10.00. The van der Waals surface area contributed by atoms with Crippen LogP contribution in [0.5, 0.6) is 0 Å². The number of ether oxygens (including phenoxy) is 5. The highest BCUT2D eigenvalue weighted by molar-refractivity contribution is 5.74. The molecule has 0 bridgehead atoms. The van der Waals surface area contributed by atoms with Crippen LogP contribution in [-0.2, 0) is 47.7 Å². The van der Waals surface area contributed by atoms with Gasteiger partial charge < -0.3 is 24.3 Å². The SMILES string of the molecule is CCC(=O)OC1OC(OC(C)=O)C(NC(C)=O)[C@@H](OC(C)=O)C1OC(C)=O. The summed E-state index contributed by atoms with van der Waals surface area (Å²) in [6.07, 6.45) is -5.75. The monoisotopic (exact) mass is 389 g/mol. The maximum absolute atomic E-state index is 11.7. The van der Waals surface area contributed by atoms with Crippen molar-refractivity contribution >= 4 is 29.8 Å². The van der Waals surface area contributed by atoms with Gasteiger partial charge in [0.1, 0.15) is 6.04 Å². The van der Waals surface area contributed by atoms with Gasteiger partial charge in [-0.1, -0.05) is 6.92 Å². The zero-order chi connectivity index (χ0) is 20.7. The van der Waals surface area contributed by atoms with E-state index >= 15 is 0 Å². The first-order valence-corrected chi connectivity index (χ1v) is 8.18. The van der Waals surface area contributed by atoms with E-state index < -0.39 is 60.6 Å². The fraction of sp³-hybridized carbons (Fsp3) is 0.688. The van der Waals surface area contributed by atoms with Crippen molar-refractivity contribution in [1.82, 2.24) is 5.32 Å². The molecule has 27 heavy (non-hydrogen) atoms. The van der Waals surface area contributed by atoms with E-state index in [4.69, 9.17) is 23.7 Å². The molecule has 1 rings (SSSR count). The maximum Gasteiger partial charge on any atom is 0.307 e. The summed E-state index contributed by atoms with van der Waals surface area (Å²) in [5.41, 5.74) is 0. The molecule has 4 unspecified atom stereocenters. The molecule has 1 aliphatic heterocycles. The maximum atomic E-state index is 11.7. The lowest BCUT2D eigenvalue weighted by molar-refractivity contribution is -0.314. The minimum atomic E-state index is -1.53. The molecule has 0 spiro atoms. The van der Waals surface area contributed by atoms with Crippen LogP contribution in [0.25, 0.3) is 0 Å². The van der Waals surface area contributed by atoms with Crippen molar-refractivity contribution in [1.29, 1.82) is 0 Å². The zero-order valence-electron chi connectivity index (χ0n) is 15.7. The van der Waals surface area contributed by atoms with Gasteiger partial charge in [0, 0.05) is 34.1 Å². The van der Waals surface area contributed by atoms with Crippen LogP contribution in [0.4, 0.5) is 0 Å². The van der Waals surface area contributed by atoms with Gasteiger partial charge in [-0.3, -0.25) is 28.7 Å². The van der Waals surface area contributed by atoms with E-state index in [-0.39, 0.29) is 6.42 Å². The van der Waals surface area contributed by atoms with Gasteiger partial charge >= 0.3 is 23.9 Å². The summed E-state index contributed by atoms with van der Waals surface area (Å²) in [5.74, 6) is -3.55. The molecular weight excluding hydrogens is 366 g/mol. The summed E-state index contributed by atoms with van der Waals surface area (Å²) in [5, 5.41) is 2.43. The highest BCUT2D eigenvalue weighted by Gasteiger charge is 2.53. The van der Waals surface area contributed by atoms with E-state index in [9.17, 15) is 24.0 Å². The van der Waals surface area contributed by atoms with Crippen molar-refractivity contribution in [3.8, 4) is 0 Å². The van der Waals surface area contributed by atoms with Crippen molar-refractivity contribution in [2.24, 2.45) is 0 Å². The van der Waals surface area contributed by atoms with Gasteiger partial charge in [0.05, 0.1) is 0 Å². The largest absolute Gasteiger partial charge is 0.456 e. The molecule has 1 N–H and O–H groups in total. The quantitative estimate of drug-likeness (QED) is 0.468. The summed E-state index contributed by atoms with van der Waals surface area (Å²) < 4.78 is 25.9. The number of nitrogens with one attached hydrogen (secondary N) is 1. The zero-order valence-corrected chi connectivity index (χ0v) is 15.7. The van der Waals surface area contributed by atoms with E-state index in [0.29, 0.717) is 0 Å². The lowest BCUT2D eigenvalue weighted by Crippen LogP contribution is -2.66. The summed E-state index contributed by atoms with van der Waals surface area (Å²) in [4.78, 5) is 57.7. The Labute approximate surface area is 155 Å². The van der Waals surface area contributed by atoms with Crippen LogP contribution in [0, 0.1) is 0 Å². The Kier molecular flexibility index (Phi) is 8.16. The van der Waals surface area contributed by atoms with Crippen LogP contribution in [0.15, 0.2) is 0 Å². The summed E-state index contributed by atoms with van der Waals surface area (Å²) >= 11 is 0. The number of carbonyl (C=O) groups excluding carboxylic acids is 5. The molecule has 0 aromatic carbocycles. The number of hydrogen-bond donors (Lipinski definition) is 1. The lowest BCUT2D eigenvalue weighted by Gasteiger charge is -2.43. The molecule has 1 saturated heterocycles. The van der Waals surface area contributed by atoms with Gasteiger partial charge in [-0.05, 0) is 0 Å². The van der Waals surface area contributed by atoms with Gasteiger partial charge in [0.15, 0.2) is 6.10 Å². The normalized spacial score (nSPS) is 27.1. The first-order valence-electron chi connectivity index (χ1n) is 8.18. The van der Waals surface area contributed by atoms with Crippen LogP contribution in [0.2, 0.25) is 0 Å². The van der Waals surface area contributed by atoms with E-state index in [2.05, 4.69) is 5.32 Å². The number of esters is 4. The Morgan fingerprint density at radius 3 is 1.74 bits per heavy atom. The Morgan fingerprint density at radius 1 is 0.778 bits per heavy atom. The van der Waals surface area contributed by atoms with Crippen molar-refractivity contribution in [2.75, 3.05) is 0 Å². The third kappa shape index (κ3) is 6.85. The number of hydrogen-bond acceptors (Lipinski definition) is 10. The van der Waals surface area contributed by atoms with Crippen molar-refractivity contribution in [3.05, 3.63) is 0 Å². The molecule has 1 aliphatic rings. The third-order valence-electron chi connectivity index (χ3n) is 3.30. The van der Waals surface area contributed by atoms with Gasteiger partial charge in [-0.15, -0.1) is 0 Å². The Morgan fingerprint density at radius 2 is 1.30 bits per heavy atom. The average molecular weight is 389 g/mol. The molecular formula is C16H23NO10. The molecule has 11 heteroatoms. The third-order valence-corrected chi connectivity index (χ3v) is 3.30. The van der Waals surface area contributed by atoms with Crippen LogP contribution in [-0.4, -0.2) is 60.6 Å². The Bertz CT molecular complexity index is 604. The fourth-order valence-electron chi connectivity index (χ4n) is 2.41. The van der Waals surface area contributed by atoms with E-state index in [1.54, 1.807) is 0 Å². The number of amides is 1. The average Bonchev–Trinajstić information content (AvgIpc) is 2.52. The highest BCUT2D eigenvalue weighted by Crippen LogP contribution is 2.28.